The van der Waals surface area contributed by atoms with Gasteiger partial charge in [0.05, 0.1) is 12.8 Å². The molecule has 0 saturated heterocycles. The van der Waals surface area contributed by atoms with Crippen LogP contribution in [0, 0.1) is 5.82 Å². The van der Waals surface area contributed by atoms with Gasteiger partial charge < -0.3 is 4.74 Å². The van der Waals surface area contributed by atoms with Crippen LogP contribution in [0.3, 0.4) is 0 Å². The molecule has 0 radical (unpaired) electrons. The maximum Gasteiger partial charge on any atom is 0.282 e. The number of carbonyl (C=O) groups excluding carboxylic acids is 1. The first kappa shape index (κ1) is 17.7. The quantitative estimate of drug-likeness (QED) is 0.625. The van der Waals surface area contributed by atoms with Crippen LogP contribution in [-0.2, 0) is 4.79 Å². The van der Waals surface area contributed by atoms with E-state index in [1.165, 1.54) is 17.0 Å². The van der Waals surface area contributed by atoms with Crippen LogP contribution in [-0.4, -0.2) is 18.9 Å². The van der Waals surface area contributed by atoms with Gasteiger partial charge in [0.25, 0.3) is 5.91 Å². The molecule has 4 nitrogen and oxygen atoms in total. The van der Waals surface area contributed by atoms with Gasteiger partial charge in [-0.15, -0.1) is 0 Å². The lowest BCUT2D eigenvalue weighted by atomic mass is 10.1. The van der Waals surface area contributed by atoms with E-state index in [9.17, 15) is 9.18 Å². The Morgan fingerprint density at radius 1 is 0.929 bits per heavy atom. The third kappa shape index (κ3) is 3.30. The van der Waals surface area contributed by atoms with E-state index in [-0.39, 0.29) is 11.6 Å². The summed E-state index contributed by atoms with van der Waals surface area (Å²) in [5, 5.41) is 0. The average Bonchev–Trinajstić information content (AvgIpc) is 3.06. The molecule has 0 atom stereocenters. The second kappa shape index (κ2) is 7.48. The Kier molecular flexibility index (Phi) is 4.72. The predicted octanol–water partition coefficient (Wildman–Crippen LogP) is 4.67. The monoisotopic (exact) mass is 372 g/mol. The Balaban J connectivity index is 1.81. The van der Waals surface area contributed by atoms with Crippen LogP contribution in [0.4, 0.5) is 10.1 Å². The van der Waals surface area contributed by atoms with E-state index in [0.717, 1.165) is 5.56 Å². The summed E-state index contributed by atoms with van der Waals surface area (Å²) in [5.41, 5.74) is 1.95. The fraction of sp³-hybridized carbons (Fsp3) is 0.0435. The molecule has 0 N–H and O–H groups in total. The normalized spacial score (nSPS) is 15.1. The number of anilines is 1. The number of nitrogens with zero attached hydrogens (tertiary/aromatic N) is 2. The number of amides is 1. The Bertz CT molecular complexity index is 1070. The first-order valence-electron chi connectivity index (χ1n) is 8.76. The van der Waals surface area contributed by atoms with Crippen molar-refractivity contribution in [1.29, 1.82) is 0 Å². The predicted molar refractivity (Wildman–Crippen MR) is 108 cm³/mol. The molecule has 3 aromatic rings. The van der Waals surface area contributed by atoms with Crippen molar-refractivity contribution in [2.45, 2.75) is 0 Å². The van der Waals surface area contributed by atoms with E-state index >= 15 is 0 Å². The van der Waals surface area contributed by atoms with Gasteiger partial charge in [-0.1, -0.05) is 48.5 Å². The van der Waals surface area contributed by atoms with Crippen molar-refractivity contribution in [3.05, 3.63) is 102 Å². The molecule has 28 heavy (non-hydrogen) atoms. The van der Waals surface area contributed by atoms with Crippen molar-refractivity contribution in [3.8, 4) is 5.75 Å². The minimum atomic E-state index is -0.401. The van der Waals surface area contributed by atoms with Crippen LogP contribution < -0.4 is 9.64 Å². The number of hydrogen-bond acceptors (Lipinski definition) is 3. The molecule has 3 aromatic carbocycles. The lowest BCUT2D eigenvalue weighted by molar-refractivity contribution is -0.113. The van der Waals surface area contributed by atoms with Crippen LogP contribution in [0.1, 0.15) is 11.1 Å². The van der Waals surface area contributed by atoms with Gasteiger partial charge >= 0.3 is 0 Å². The van der Waals surface area contributed by atoms with Gasteiger partial charge in [0.1, 0.15) is 23.1 Å². The van der Waals surface area contributed by atoms with Gasteiger partial charge in [-0.2, -0.15) is 0 Å². The summed E-state index contributed by atoms with van der Waals surface area (Å²) in [4.78, 5) is 19.2. The fourth-order valence-corrected chi connectivity index (χ4v) is 3.01. The number of halogens is 1. The molecule has 0 saturated carbocycles. The summed E-state index contributed by atoms with van der Waals surface area (Å²) >= 11 is 0. The molecule has 138 valence electrons. The van der Waals surface area contributed by atoms with Crippen LogP contribution in [0.15, 0.2) is 89.6 Å². The van der Waals surface area contributed by atoms with Crippen LogP contribution >= 0.6 is 0 Å². The van der Waals surface area contributed by atoms with E-state index in [1.807, 2.05) is 30.3 Å². The van der Waals surface area contributed by atoms with E-state index < -0.39 is 5.82 Å². The minimum Gasteiger partial charge on any atom is -0.497 e. The number of rotatable bonds is 4. The highest BCUT2D eigenvalue weighted by Gasteiger charge is 2.32. The maximum atomic E-state index is 14.1. The SMILES string of the molecule is COc1ccc(N2C(=O)C(=Cc3ccccc3F)N=C2c2ccccc2)cc1. The number of amidine groups is 1. The summed E-state index contributed by atoms with van der Waals surface area (Å²) in [5.74, 6) is 0.475. The van der Waals surface area contributed by atoms with Crippen molar-refractivity contribution in [2.24, 2.45) is 4.99 Å². The molecule has 1 aliphatic heterocycles. The zero-order valence-electron chi connectivity index (χ0n) is 15.2. The zero-order valence-corrected chi connectivity index (χ0v) is 15.2. The number of carbonyl (C=O) groups is 1. The van der Waals surface area contributed by atoms with E-state index in [4.69, 9.17) is 4.74 Å². The third-order valence-corrected chi connectivity index (χ3v) is 4.42. The molecule has 0 unspecified atom stereocenters. The van der Waals surface area contributed by atoms with Gasteiger partial charge in [0.2, 0.25) is 0 Å². The summed E-state index contributed by atoms with van der Waals surface area (Å²) in [7, 11) is 1.59. The fourth-order valence-electron chi connectivity index (χ4n) is 3.01. The van der Waals surface area contributed by atoms with Crippen LogP contribution in [0.25, 0.3) is 6.08 Å². The van der Waals surface area contributed by atoms with Crippen LogP contribution in [0.5, 0.6) is 5.75 Å². The van der Waals surface area contributed by atoms with Crippen molar-refractivity contribution in [2.75, 3.05) is 12.0 Å². The van der Waals surface area contributed by atoms with Gasteiger partial charge in [-0.25, -0.2) is 9.38 Å². The summed E-state index contributed by atoms with van der Waals surface area (Å²) in [6, 6.07) is 22.9. The molecule has 0 fully saturated rings. The standard InChI is InChI=1S/C23H17FN2O2/c1-28-19-13-11-18(12-14-19)26-22(16-7-3-2-4-8-16)25-21(23(26)27)15-17-9-5-6-10-20(17)24/h2-15H,1H3. The minimum absolute atomic E-state index is 0.180. The first-order valence-corrected chi connectivity index (χ1v) is 8.76. The lowest BCUT2D eigenvalue weighted by Crippen LogP contribution is -2.32. The molecule has 5 heteroatoms. The van der Waals surface area contributed by atoms with Gasteiger partial charge in [0, 0.05) is 11.1 Å². The van der Waals surface area contributed by atoms with Crippen LogP contribution in [0.2, 0.25) is 0 Å². The van der Waals surface area contributed by atoms with Crippen molar-refractivity contribution in [1.82, 2.24) is 0 Å². The van der Waals surface area contributed by atoms with E-state index in [1.54, 1.807) is 49.6 Å². The molecule has 0 aromatic heterocycles. The second-order valence-corrected chi connectivity index (χ2v) is 6.19. The molecule has 1 heterocycles. The highest BCUT2D eigenvalue weighted by Crippen LogP contribution is 2.29. The zero-order chi connectivity index (χ0) is 19.5. The molecule has 1 amide bonds. The number of aliphatic imine (C=N–C) groups is 1. The first-order chi connectivity index (χ1) is 13.7. The number of benzene rings is 3. The van der Waals surface area contributed by atoms with Crippen molar-refractivity contribution in [3.63, 3.8) is 0 Å². The second-order valence-electron chi connectivity index (χ2n) is 6.19. The summed E-state index contributed by atoms with van der Waals surface area (Å²) < 4.78 is 19.3. The third-order valence-electron chi connectivity index (χ3n) is 4.42. The Morgan fingerprint density at radius 3 is 2.29 bits per heavy atom. The number of ether oxygens (including phenoxy) is 1. The van der Waals surface area contributed by atoms with Gasteiger partial charge in [-0.3, -0.25) is 9.69 Å². The summed E-state index contributed by atoms with van der Waals surface area (Å²) in [6.07, 6.45) is 1.48. The number of methoxy groups -OCH3 is 1. The average molecular weight is 372 g/mol. The van der Waals surface area contributed by atoms with Gasteiger partial charge in [0.15, 0.2) is 0 Å². The highest BCUT2D eigenvalue weighted by molar-refractivity contribution is 6.33. The molecular formula is C23H17FN2O2. The number of hydrogen-bond donors (Lipinski definition) is 0. The topological polar surface area (TPSA) is 41.9 Å². The largest absolute Gasteiger partial charge is 0.497 e. The molecule has 1 aliphatic rings. The van der Waals surface area contributed by atoms with Crippen molar-refractivity contribution < 1.29 is 13.9 Å². The highest BCUT2D eigenvalue weighted by atomic mass is 19.1. The molecule has 0 spiro atoms. The molecule has 0 aliphatic carbocycles. The van der Waals surface area contributed by atoms with E-state index in [0.29, 0.717) is 22.8 Å². The maximum absolute atomic E-state index is 14.1. The van der Waals surface area contributed by atoms with Crippen molar-refractivity contribution >= 4 is 23.5 Å². The van der Waals surface area contributed by atoms with E-state index in [2.05, 4.69) is 4.99 Å². The smallest absolute Gasteiger partial charge is 0.282 e. The Hall–Kier alpha value is -3.73. The summed E-state index contributed by atoms with van der Waals surface area (Å²) in [6.45, 7) is 0. The lowest BCUT2D eigenvalue weighted by Gasteiger charge is -2.18. The molecule has 0 bridgehead atoms. The Morgan fingerprint density at radius 2 is 1.61 bits per heavy atom. The van der Waals surface area contributed by atoms with Gasteiger partial charge in [-0.05, 0) is 36.4 Å². The molecule has 4 rings (SSSR count). The Labute approximate surface area is 162 Å². The molecular weight excluding hydrogens is 355 g/mol.